The molecule has 0 fully saturated rings. The first-order valence-corrected chi connectivity index (χ1v) is 39.3. The first-order valence-electron chi connectivity index (χ1n) is 36.9. The summed E-state index contributed by atoms with van der Waals surface area (Å²) in [5.41, 5.74) is 14.4. The smallest absolute Gasteiger partial charge is 0.164 e. The standard InChI is InChI=1S/C99H57N9S3/c1-6-21-58(22-7-1)59-37-40-65(41-38-59)95-101-94(64-29-14-5-15-30-64)107-99(108-95)83-56-72(55-82-74(83)49-50-78-76-34-17-19-36-85(76)110-89(78)82)80-54-71(57-86-87(80)79-48-43-60-39-42-70(53-81(60)90(79)111-86)98-104-91(61-23-8-2-9-24-61)100-92(105-98)62-25-10-3-11-26-62)66-31-20-32-68(51-66)96-102-93(63-27-12-4-13-28-63)103-97(106-96)69-45-46-73-67(52-69)44-47-77-75-33-16-18-35-84(75)109-88(73)77/h1-57H. The van der Waals surface area contributed by atoms with Crippen LogP contribution in [0.4, 0.5) is 0 Å². The minimum atomic E-state index is 0.569. The highest BCUT2D eigenvalue weighted by molar-refractivity contribution is 7.27. The van der Waals surface area contributed by atoms with Crippen LogP contribution < -0.4 is 0 Å². The van der Waals surface area contributed by atoms with E-state index in [0.29, 0.717) is 52.4 Å². The summed E-state index contributed by atoms with van der Waals surface area (Å²) in [6.07, 6.45) is 0. The number of nitrogens with zero attached hydrogens (tertiary/aromatic N) is 9. The molecule has 0 aliphatic rings. The topological polar surface area (TPSA) is 116 Å². The van der Waals surface area contributed by atoms with Crippen LogP contribution in [0, 0.1) is 0 Å². The first kappa shape index (κ1) is 64.2. The summed E-state index contributed by atoms with van der Waals surface area (Å²) in [6.45, 7) is 0. The zero-order valence-corrected chi connectivity index (χ0v) is 61.6. The molecule has 0 amide bonds. The lowest BCUT2D eigenvalue weighted by molar-refractivity contribution is 1.07. The van der Waals surface area contributed by atoms with Gasteiger partial charge in [0.25, 0.3) is 0 Å². The average molecular weight is 1470 g/mol. The van der Waals surface area contributed by atoms with Gasteiger partial charge in [-0.05, 0) is 110 Å². The third kappa shape index (κ3) is 11.4. The molecule has 0 radical (unpaired) electrons. The van der Waals surface area contributed by atoms with Crippen molar-refractivity contribution < 1.29 is 0 Å². The molecule has 6 aromatic heterocycles. The van der Waals surface area contributed by atoms with Gasteiger partial charge < -0.3 is 0 Å². The van der Waals surface area contributed by atoms with Crippen molar-refractivity contribution in [2.75, 3.05) is 0 Å². The predicted octanol–water partition coefficient (Wildman–Crippen LogP) is 26.8. The Kier molecular flexibility index (Phi) is 15.3. The van der Waals surface area contributed by atoms with Crippen LogP contribution in [-0.4, -0.2) is 44.9 Å². The van der Waals surface area contributed by atoms with Gasteiger partial charge in [0.1, 0.15) is 0 Å². The summed E-state index contributed by atoms with van der Waals surface area (Å²) in [5, 5.41) is 13.9. The van der Waals surface area contributed by atoms with Crippen LogP contribution in [0.1, 0.15) is 0 Å². The molecule has 0 spiro atoms. The molecule has 0 aliphatic heterocycles. The second kappa shape index (κ2) is 26.4. The molecule has 0 unspecified atom stereocenters. The molecule has 111 heavy (non-hydrogen) atoms. The number of fused-ring (bicyclic) bond motifs is 15. The van der Waals surface area contributed by atoms with Crippen molar-refractivity contribution in [3.05, 3.63) is 346 Å². The maximum atomic E-state index is 5.56. The van der Waals surface area contributed by atoms with E-state index in [1.54, 1.807) is 11.3 Å². The van der Waals surface area contributed by atoms with Gasteiger partial charge in [0.2, 0.25) is 0 Å². The van der Waals surface area contributed by atoms with Crippen LogP contribution in [-0.2, 0) is 0 Å². The highest BCUT2D eigenvalue weighted by atomic mass is 32.1. The van der Waals surface area contributed by atoms with Crippen LogP contribution in [0.15, 0.2) is 346 Å². The van der Waals surface area contributed by atoms with Crippen LogP contribution in [0.3, 0.4) is 0 Å². The Bertz CT molecular complexity index is 7440. The van der Waals surface area contributed by atoms with Crippen molar-refractivity contribution in [1.82, 2.24) is 44.9 Å². The van der Waals surface area contributed by atoms with Gasteiger partial charge in [0.05, 0.1) is 0 Å². The number of hydrogen-bond acceptors (Lipinski definition) is 12. The molecule has 0 aliphatic carbocycles. The summed E-state index contributed by atoms with van der Waals surface area (Å²) in [6, 6.07) is 122. The average Bonchev–Trinajstić information content (AvgIpc) is 1.62. The zero-order chi connectivity index (χ0) is 73.0. The van der Waals surface area contributed by atoms with Gasteiger partial charge in [-0.1, -0.05) is 291 Å². The zero-order valence-electron chi connectivity index (χ0n) is 59.2. The Morgan fingerprint density at radius 3 is 1.08 bits per heavy atom. The van der Waals surface area contributed by atoms with Gasteiger partial charge in [0.15, 0.2) is 52.4 Å². The van der Waals surface area contributed by atoms with Gasteiger partial charge in [-0.15, -0.1) is 34.0 Å². The summed E-state index contributed by atoms with van der Waals surface area (Å²) in [7, 11) is 0. The van der Waals surface area contributed by atoms with Crippen molar-refractivity contribution >= 4 is 127 Å². The Balaban J connectivity index is 0.770. The monoisotopic (exact) mass is 1470 g/mol. The summed E-state index contributed by atoms with van der Waals surface area (Å²) < 4.78 is 7.22. The van der Waals surface area contributed by atoms with Gasteiger partial charge in [-0.2, -0.15) is 0 Å². The molecule has 12 heteroatoms. The quantitative estimate of drug-likeness (QED) is 0.118. The lowest BCUT2D eigenvalue weighted by atomic mass is 9.90. The van der Waals surface area contributed by atoms with E-state index in [-0.39, 0.29) is 0 Å². The lowest BCUT2D eigenvalue weighted by Crippen LogP contribution is -2.01. The number of rotatable bonds is 12. The van der Waals surface area contributed by atoms with Crippen molar-refractivity contribution in [2.45, 2.75) is 0 Å². The van der Waals surface area contributed by atoms with E-state index in [0.717, 1.165) is 131 Å². The highest BCUT2D eigenvalue weighted by Crippen LogP contribution is 2.50. The Labute approximate surface area is 648 Å². The number of benzene rings is 16. The van der Waals surface area contributed by atoms with E-state index in [9.17, 15) is 0 Å². The van der Waals surface area contributed by atoms with Crippen molar-refractivity contribution in [1.29, 1.82) is 0 Å². The van der Waals surface area contributed by atoms with Crippen LogP contribution >= 0.6 is 34.0 Å². The second-order valence-electron chi connectivity index (χ2n) is 27.9. The maximum Gasteiger partial charge on any atom is 0.164 e. The molecular formula is C99H57N9S3. The molecule has 22 rings (SSSR count). The fourth-order valence-electron chi connectivity index (χ4n) is 15.7. The number of hydrogen-bond donors (Lipinski definition) is 0. The highest BCUT2D eigenvalue weighted by Gasteiger charge is 2.25. The van der Waals surface area contributed by atoms with Crippen LogP contribution in [0.5, 0.6) is 0 Å². The summed E-state index contributed by atoms with van der Waals surface area (Å²) >= 11 is 5.47. The maximum absolute atomic E-state index is 5.56. The van der Waals surface area contributed by atoms with E-state index >= 15 is 0 Å². The number of thiophene rings is 3. The van der Waals surface area contributed by atoms with Gasteiger partial charge in [-0.3, -0.25) is 0 Å². The lowest BCUT2D eigenvalue weighted by Gasteiger charge is -2.15. The van der Waals surface area contributed by atoms with Gasteiger partial charge >= 0.3 is 0 Å². The fraction of sp³-hybridized carbons (Fsp3) is 0. The molecule has 9 nitrogen and oxygen atoms in total. The van der Waals surface area contributed by atoms with Crippen molar-refractivity contribution in [3.63, 3.8) is 0 Å². The van der Waals surface area contributed by atoms with Crippen LogP contribution in [0.2, 0.25) is 0 Å². The molecular weight excluding hydrogens is 1410 g/mol. The Hall–Kier alpha value is -14.0. The van der Waals surface area contributed by atoms with E-state index in [1.165, 1.54) is 45.7 Å². The van der Waals surface area contributed by atoms with Crippen LogP contribution in [0.25, 0.3) is 229 Å². The second-order valence-corrected chi connectivity index (χ2v) is 31.1. The SMILES string of the molecule is c1ccc(-c2ccc(-c3nc(-c4ccccc4)nc(-c4cc(-c5cc(-c6cccc(-c7nc(-c8ccccc8)nc(-c8ccc9c(ccc%10c%11ccccc%11sc9%10)c8)n7)c6)cc6sc7c8cc(-c9nc(-c%10ccccc%10)nc(-c%10ccccc%10)n9)ccc8ccc7c56)cc5c4ccc4c6ccccc6sc54)n3)cc2)cc1. The predicted molar refractivity (Wildman–Crippen MR) is 463 cm³/mol. The van der Waals surface area contributed by atoms with Crippen molar-refractivity contribution in [2.24, 2.45) is 0 Å². The molecule has 0 saturated carbocycles. The molecule has 0 atom stereocenters. The van der Waals surface area contributed by atoms with E-state index in [1.807, 2.05) is 102 Å². The van der Waals surface area contributed by atoms with E-state index in [4.69, 9.17) is 44.9 Å². The largest absolute Gasteiger partial charge is 0.208 e. The third-order valence-corrected chi connectivity index (χ3v) is 24.8. The Morgan fingerprint density at radius 2 is 0.505 bits per heavy atom. The van der Waals surface area contributed by atoms with Gasteiger partial charge in [-0.25, -0.2) is 44.9 Å². The molecule has 6 heterocycles. The summed E-state index contributed by atoms with van der Waals surface area (Å²) in [5.74, 6) is 5.30. The molecule has 22 aromatic rings. The molecule has 0 bridgehead atoms. The van der Waals surface area contributed by atoms with E-state index < -0.39 is 0 Å². The molecule has 0 N–H and O–H groups in total. The third-order valence-electron chi connectivity index (χ3n) is 21.2. The van der Waals surface area contributed by atoms with Crippen molar-refractivity contribution in [3.8, 4) is 136 Å². The summed E-state index contributed by atoms with van der Waals surface area (Å²) in [4.78, 5) is 47.9. The molecule has 16 aromatic carbocycles. The minimum absolute atomic E-state index is 0.569. The first-order chi connectivity index (χ1) is 54.9. The molecule has 516 valence electrons. The van der Waals surface area contributed by atoms with E-state index in [2.05, 4.69) is 267 Å². The minimum Gasteiger partial charge on any atom is -0.208 e. The number of aromatic nitrogens is 9. The molecule has 0 saturated heterocycles. The fourth-order valence-corrected chi connectivity index (χ4v) is 19.5. The Morgan fingerprint density at radius 1 is 0.153 bits per heavy atom. The van der Waals surface area contributed by atoms with Gasteiger partial charge in [0, 0.05) is 121 Å². The normalized spacial score (nSPS) is 11.8.